The first-order valence-corrected chi connectivity index (χ1v) is 9.24. The Morgan fingerprint density at radius 1 is 0.174 bits per heavy atom. The molecule has 0 unspecified atom stereocenters. The quantitative estimate of drug-likeness (QED) is 0.174. The molecule has 0 N–H and O–H groups in total. The lowest BCUT2D eigenvalue weighted by Crippen LogP contribution is -2.78. The lowest BCUT2D eigenvalue weighted by Gasteiger charge is -2.45. The van der Waals surface area contributed by atoms with E-state index in [1.54, 1.807) is 0 Å². The fourth-order valence-electron chi connectivity index (χ4n) is 2.36. The predicted octanol–water partition coefficient (Wildman–Crippen LogP) is 9.60. The van der Waals surface area contributed by atoms with Crippen molar-refractivity contribution in [1.29, 1.82) is 0 Å². The molecular formula is C14F30O2. The fraction of sp³-hybridized carbons (Fsp3) is 1.00. The Hall–Kier alpha value is -2.18. The normalized spacial score (nSPS) is 17.1. The molecule has 0 heterocycles. The van der Waals surface area contributed by atoms with E-state index in [1.165, 1.54) is 0 Å². The maximum absolute atomic E-state index is 13.6. The van der Waals surface area contributed by atoms with E-state index in [1.807, 2.05) is 0 Å². The molecule has 0 aromatic carbocycles. The maximum atomic E-state index is 13.6. The summed E-state index contributed by atoms with van der Waals surface area (Å²) >= 11 is 0. The van der Waals surface area contributed by atoms with Crippen LogP contribution >= 0.6 is 0 Å². The maximum Gasteiger partial charge on any atom is 0.527 e. The SMILES string of the molecule is FC(F)(F)OC(F)(F)C(F)(F)C(F)(F)C(F)(F)C(F)(F)C(F)(F)C(F)(F)C(F)(F)C(F)(F)C(F)(F)C(F)(F)C(F)(F)OC(F)(F)F. The number of rotatable bonds is 13. The number of hydrogen-bond acceptors (Lipinski definition) is 2. The molecule has 0 rings (SSSR count). The summed E-state index contributed by atoms with van der Waals surface area (Å²) in [6.07, 6.45) is -31.6. The average molecular weight is 770 g/mol. The van der Waals surface area contributed by atoms with Gasteiger partial charge in [0.25, 0.3) is 0 Å². The van der Waals surface area contributed by atoms with E-state index >= 15 is 0 Å². The number of alkyl halides is 30. The third-order valence-electron chi connectivity index (χ3n) is 4.77. The standard InChI is InChI=1S/C14F30O2/c15-1(16,3(19,20)5(23,24)7(27,28)9(31,32)11(35,36)45-13(39,40)41)2(17,18)4(21,22)6(25,26)8(29,30)10(33,34)12(37,38)46-14(42,43)44. The molecular weight excluding hydrogens is 770 g/mol. The number of hydrogen-bond donors (Lipinski definition) is 0. The van der Waals surface area contributed by atoms with E-state index in [0.717, 1.165) is 9.47 Å². The first-order chi connectivity index (χ1) is 19.2. The van der Waals surface area contributed by atoms with Crippen LogP contribution in [0.15, 0.2) is 0 Å². The molecule has 0 aliphatic rings. The van der Waals surface area contributed by atoms with Crippen LogP contribution in [0.2, 0.25) is 0 Å². The third-order valence-corrected chi connectivity index (χ3v) is 4.77. The van der Waals surface area contributed by atoms with E-state index in [-0.39, 0.29) is 0 Å². The van der Waals surface area contributed by atoms with Crippen LogP contribution in [0, 0.1) is 0 Å². The number of ether oxygens (including phenoxy) is 2. The van der Waals surface area contributed by atoms with Gasteiger partial charge >= 0.3 is 84.2 Å². The van der Waals surface area contributed by atoms with Crippen LogP contribution in [0.5, 0.6) is 0 Å². The van der Waals surface area contributed by atoms with Crippen molar-refractivity contribution in [3.63, 3.8) is 0 Å². The van der Waals surface area contributed by atoms with Crippen LogP contribution in [-0.2, 0) is 9.47 Å². The van der Waals surface area contributed by atoms with E-state index in [2.05, 4.69) is 0 Å². The van der Waals surface area contributed by atoms with Crippen LogP contribution < -0.4 is 0 Å². The lowest BCUT2D eigenvalue weighted by molar-refractivity contribution is -0.519. The Balaban J connectivity index is 7.39. The Morgan fingerprint density at radius 3 is 0.391 bits per heavy atom. The van der Waals surface area contributed by atoms with Crippen molar-refractivity contribution in [2.24, 2.45) is 0 Å². The molecule has 2 nitrogen and oxygen atoms in total. The van der Waals surface area contributed by atoms with E-state index in [4.69, 9.17) is 0 Å². The van der Waals surface area contributed by atoms with Crippen molar-refractivity contribution >= 4 is 0 Å². The van der Waals surface area contributed by atoms with Crippen LogP contribution in [0.1, 0.15) is 0 Å². The van der Waals surface area contributed by atoms with Crippen molar-refractivity contribution in [2.75, 3.05) is 0 Å². The molecule has 0 atom stereocenters. The monoisotopic (exact) mass is 770 g/mol. The highest BCUT2D eigenvalue weighted by Crippen LogP contribution is 2.68. The predicted molar refractivity (Wildman–Crippen MR) is 73.6 cm³/mol. The third kappa shape index (κ3) is 5.88. The van der Waals surface area contributed by atoms with Crippen molar-refractivity contribution in [3.8, 4) is 0 Å². The van der Waals surface area contributed by atoms with Gasteiger partial charge in [0, 0.05) is 0 Å². The molecule has 0 fully saturated rings. The number of halogens is 30. The van der Waals surface area contributed by atoms with E-state index in [9.17, 15) is 132 Å². The molecule has 0 aromatic rings. The summed E-state index contributed by atoms with van der Waals surface area (Å²) in [6.45, 7) is 0. The second-order valence-corrected chi connectivity index (χ2v) is 7.87. The van der Waals surface area contributed by atoms with Gasteiger partial charge in [-0.25, -0.2) is 9.47 Å². The summed E-state index contributed by atoms with van der Waals surface area (Å²) in [7, 11) is 0. The second kappa shape index (κ2) is 10.7. The zero-order valence-corrected chi connectivity index (χ0v) is 19.2. The summed E-state index contributed by atoms with van der Waals surface area (Å²) in [4.78, 5) is 0. The molecule has 0 spiro atoms. The highest BCUT2D eigenvalue weighted by atomic mass is 19.4. The minimum absolute atomic E-state index is 0.870. The van der Waals surface area contributed by atoms with Crippen LogP contribution in [0.3, 0.4) is 0 Å². The molecule has 0 saturated heterocycles. The van der Waals surface area contributed by atoms with Gasteiger partial charge in [-0.2, -0.15) is 105 Å². The molecule has 32 heteroatoms. The first kappa shape index (κ1) is 43.8. The molecule has 0 radical (unpaired) electrons. The zero-order chi connectivity index (χ0) is 38.4. The Labute approximate surface area is 227 Å². The molecule has 0 bridgehead atoms. The smallest absolute Gasteiger partial charge is 0.221 e. The van der Waals surface area contributed by atoms with Gasteiger partial charge in [0.05, 0.1) is 0 Å². The molecule has 0 aliphatic carbocycles. The minimum Gasteiger partial charge on any atom is -0.221 e. The van der Waals surface area contributed by atoms with Crippen LogP contribution in [-0.4, -0.2) is 84.2 Å². The molecule has 278 valence electrons. The average Bonchev–Trinajstić information content (AvgIpc) is 2.74. The van der Waals surface area contributed by atoms with Crippen LogP contribution in [0.25, 0.3) is 0 Å². The Morgan fingerprint density at radius 2 is 0.283 bits per heavy atom. The highest BCUT2D eigenvalue weighted by Gasteiger charge is 3.00. The molecule has 0 aliphatic heterocycles. The van der Waals surface area contributed by atoms with Crippen molar-refractivity contribution in [1.82, 2.24) is 0 Å². The summed E-state index contributed by atoms with van der Waals surface area (Å²) in [6, 6.07) is 0. The van der Waals surface area contributed by atoms with Gasteiger partial charge in [-0.05, 0) is 0 Å². The summed E-state index contributed by atoms with van der Waals surface area (Å²) in [5.41, 5.74) is 0. The van der Waals surface area contributed by atoms with Crippen molar-refractivity contribution in [2.45, 2.75) is 84.2 Å². The zero-order valence-electron chi connectivity index (χ0n) is 19.2. The topological polar surface area (TPSA) is 18.5 Å². The molecule has 0 saturated carbocycles. The van der Waals surface area contributed by atoms with Gasteiger partial charge in [-0.15, -0.1) is 26.3 Å². The summed E-state index contributed by atoms with van der Waals surface area (Å²) in [5, 5.41) is 0. The molecule has 0 amide bonds. The fourth-order valence-corrected chi connectivity index (χ4v) is 2.36. The van der Waals surface area contributed by atoms with Gasteiger partial charge in [0.2, 0.25) is 0 Å². The van der Waals surface area contributed by atoms with E-state index < -0.39 is 84.2 Å². The van der Waals surface area contributed by atoms with Crippen LogP contribution in [0.4, 0.5) is 132 Å². The largest absolute Gasteiger partial charge is 0.527 e. The lowest BCUT2D eigenvalue weighted by atomic mass is 9.85. The van der Waals surface area contributed by atoms with Gasteiger partial charge in [0.1, 0.15) is 0 Å². The van der Waals surface area contributed by atoms with E-state index in [0.29, 0.717) is 0 Å². The summed E-state index contributed by atoms with van der Waals surface area (Å²) in [5.74, 6) is -96.1. The molecule has 0 aromatic heterocycles. The van der Waals surface area contributed by atoms with Gasteiger partial charge in [0.15, 0.2) is 0 Å². The highest BCUT2D eigenvalue weighted by molar-refractivity contribution is 5.19. The van der Waals surface area contributed by atoms with Crippen molar-refractivity contribution < 1.29 is 141 Å². The Kier molecular flexibility index (Phi) is 10.2. The van der Waals surface area contributed by atoms with Gasteiger partial charge < -0.3 is 0 Å². The first-order valence-electron chi connectivity index (χ1n) is 9.24. The van der Waals surface area contributed by atoms with Crippen molar-refractivity contribution in [3.05, 3.63) is 0 Å². The summed E-state index contributed by atoms with van der Waals surface area (Å²) < 4.78 is 392. The molecule has 46 heavy (non-hydrogen) atoms. The van der Waals surface area contributed by atoms with Gasteiger partial charge in [-0.1, -0.05) is 0 Å². The Bertz CT molecular complexity index is 1000. The minimum atomic E-state index is -9.94. The van der Waals surface area contributed by atoms with Gasteiger partial charge in [-0.3, -0.25) is 0 Å². The second-order valence-electron chi connectivity index (χ2n) is 7.87.